The van der Waals surface area contributed by atoms with Gasteiger partial charge in [0.25, 0.3) is 0 Å². The maximum atomic E-state index is 10.7. The number of nitrogens with one attached hydrogen (secondary N) is 1. The fourth-order valence-electron chi connectivity index (χ4n) is 1.12. The summed E-state index contributed by atoms with van der Waals surface area (Å²) in [6.07, 6.45) is 1.58. The van der Waals surface area contributed by atoms with Crippen molar-refractivity contribution in [2.75, 3.05) is 18.4 Å². The van der Waals surface area contributed by atoms with Crippen LogP contribution in [0.5, 0.6) is 0 Å². The highest BCUT2D eigenvalue weighted by atomic mass is 35.5. The van der Waals surface area contributed by atoms with Crippen molar-refractivity contribution < 1.29 is 9.53 Å². The first kappa shape index (κ1) is 12.7. The van der Waals surface area contributed by atoms with Crippen LogP contribution >= 0.6 is 11.6 Å². The van der Waals surface area contributed by atoms with Crippen molar-refractivity contribution >= 4 is 23.4 Å². The van der Waals surface area contributed by atoms with E-state index >= 15 is 0 Å². The molecule has 1 heterocycles. The Balaban J connectivity index is 2.80. The maximum absolute atomic E-state index is 10.7. The molecule has 0 aromatic carbocycles. The minimum Gasteiger partial charge on any atom is -0.461 e. The molecule has 16 heavy (non-hydrogen) atoms. The van der Waals surface area contributed by atoms with Gasteiger partial charge >= 0.3 is 5.97 Å². The molecule has 0 fully saturated rings. The number of aromatic nitrogens is 1. The van der Waals surface area contributed by atoms with Crippen molar-refractivity contribution in [2.24, 2.45) is 5.73 Å². The molecule has 0 amide bonds. The lowest BCUT2D eigenvalue weighted by atomic mass is 10.2. The minimum absolute atomic E-state index is 0.106. The number of rotatable bonds is 5. The summed E-state index contributed by atoms with van der Waals surface area (Å²) in [5.74, 6) is 0.240. The van der Waals surface area contributed by atoms with Crippen LogP contribution < -0.4 is 11.1 Å². The van der Waals surface area contributed by atoms with Gasteiger partial charge in [-0.2, -0.15) is 0 Å². The summed E-state index contributed by atoms with van der Waals surface area (Å²) in [5, 5.41) is 3.53. The van der Waals surface area contributed by atoms with Crippen LogP contribution in [0.15, 0.2) is 12.3 Å². The van der Waals surface area contributed by atoms with E-state index in [1.165, 1.54) is 6.92 Å². The standard InChI is InChI=1S/C10H14ClN3O2/c1-7(15)16-6-8-9(11)2-4-13-10(8)14-5-3-12/h2,4H,3,5-6,12H2,1H3,(H,13,14). The predicted molar refractivity (Wildman–Crippen MR) is 62.3 cm³/mol. The molecule has 0 radical (unpaired) electrons. The van der Waals surface area contributed by atoms with Gasteiger partial charge in [0.1, 0.15) is 12.4 Å². The highest BCUT2D eigenvalue weighted by molar-refractivity contribution is 6.31. The second kappa shape index (κ2) is 6.30. The normalized spacial score (nSPS) is 9.94. The van der Waals surface area contributed by atoms with E-state index in [9.17, 15) is 4.79 Å². The van der Waals surface area contributed by atoms with Crippen molar-refractivity contribution in [3.05, 3.63) is 22.8 Å². The molecule has 88 valence electrons. The number of anilines is 1. The highest BCUT2D eigenvalue weighted by Gasteiger charge is 2.09. The van der Waals surface area contributed by atoms with Crippen molar-refractivity contribution in [1.29, 1.82) is 0 Å². The third-order valence-electron chi connectivity index (χ3n) is 1.86. The number of carbonyl (C=O) groups is 1. The molecule has 0 saturated carbocycles. The van der Waals surface area contributed by atoms with Crippen LogP contribution in [-0.4, -0.2) is 24.0 Å². The summed E-state index contributed by atoms with van der Waals surface area (Å²) in [7, 11) is 0. The number of nitrogens with zero attached hydrogens (tertiary/aromatic N) is 1. The lowest BCUT2D eigenvalue weighted by molar-refractivity contribution is -0.142. The fraction of sp³-hybridized carbons (Fsp3) is 0.400. The van der Waals surface area contributed by atoms with Gasteiger partial charge in [0, 0.05) is 26.2 Å². The Morgan fingerprint density at radius 3 is 3.06 bits per heavy atom. The van der Waals surface area contributed by atoms with Gasteiger partial charge in [0.2, 0.25) is 0 Å². The van der Waals surface area contributed by atoms with Gasteiger partial charge in [0.05, 0.1) is 10.6 Å². The van der Waals surface area contributed by atoms with Crippen LogP contribution in [0.2, 0.25) is 5.02 Å². The van der Waals surface area contributed by atoms with Crippen LogP contribution in [0.25, 0.3) is 0 Å². The van der Waals surface area contributed by atoms with Gasteiger partial charge in [-0.15, -0.1) is 0 Å². The molecular weight excluding hydrogens is 230 g/mol. The molecule has 0 aliphatic carbocycles. The number of esters is 1. The van der Waals surface area contributed by atoms with Gasteiger partial charge in [-0.25, -0.2) is 4.98 Å². The Labute approximate surface area is 98.9 Å². The minimum atomic E-state index is -0.357. The summed E-state index contributed by atoms with van der Waals surface area (Å²) in [6.45, 7) is 2.52. The number of halogens is 1. The molecule has 0 aliphatic heterocycles. The molecule has 0 unspecified atom stereocenters. The maximum Gasteiger partial charge on any atom is 0.302 e. The van der Waals surface area contributed by atoms with Crippen LogP contribution in [-0.2, 0) is 16.1 Å². The van der Waals surface area contributed by atoms with Crippen molar-refractivity contribution in [3.63, 3.8) is 0 Å². The summed E-state index contributed by atoms with van der Waals surface area (Å²) in [4.78, 5) is 14.8. The molecular formula is C10H14ClN3O2. The molecule has 0 bridgehead atoms. The topological polar surface area (TPSA) is 77.2 Å². The molecule has 5 nitrogen and oxygen atoms in total. The molecule has 6 heteroatoms. The number of pyridine rings is 1. The Kier molecular flexibility index (Phi) is 5.01. The van der Waals surface area contributed by atoms with Gasteiger partial charge in [-0.1, -0.05) is 11.6 Å². The Bertz CT molecular complexity index is 371. The van der Waals surface area contributed by atoms with E-state index in [2.05, 4.69) is 10.3 Å². The molecule has 0 aliphatic rings. The van der Waals surface area contributed by atoms with Crippen molar-refractivity contribution in [3.8, 4) is 0 Å². The average Bonchev–Trinajstić information content (AvgIpc) is 2.24. The first-order valence-electron chi connectivity index (χ1n) is 4.86. The number of hydrogen-bond acceptors (Lipinski definition) is 5. The molecule has 1 aromatic heterocycles. The number of hydrogen-bond donors (Lipinski definition) is 2. The van der Waals surface area contributed by atoms with Crippen LogP contribution in [0, 0.1) is 0 Å². The van der Waals surface area contributed by atoms with Gasteiger partial charge < -0.3 is 15.8 Å². The van der Waals surface area contributed by atoms with Crippen LogP contribution in [0.4, 0.5) is 5.82 Å². The van der Waals surface area contributed by atoms with Gasteiger partial charge in [-0.3, -0.25) is 4.79 Å². The van der Waals surface area contributed by atoms with Crippen LogP contribution in [0.3, 0.4) is 0 Å². The van der Waals surface area contributed by atoms with E-state index in [0.29, 0.717) is 29.5 Å². The quantitative estimate of drug-likeness (QED) is 0.759. The number of nitrogens with two attached hydrogens (primary N) is 1. The van der Waals surface area contributed by atoms with E-state index in [0.717, 1.165) is 0 Å². The predicted octanol–water partition coefficient (Wildman–Crippen LogP) is 1.17. The average molecular weight is 244 g/mol. The van der Waals surface area contributed by atoms with Gasteiger partial charge in [-0.05, 0) is 6.07 Å². The summed E-state index contributed by atoms with van der Waals surface area (Å²) in [6, 6.07) is 1.65. The monoisotopic (exact) mass is 243 g/mol. The Morgan fingerprint density at radius 2 is 2.44 bits per heavy atom. The zero-order valence-corrected chi connectivity index (χ0v) is 9.75. The second-order valence-corrected chi connectivity index (χ2v) is 3.52. The fourth-order valence-corrected chi connectivity index (χ4v) is 1.32. The van der Waals surface area contributed by atoms with E-state index < -0.39 is 0 Å². The molecule has 0 atom stereocenters. The largest absolute Gasteiger partial charge is 0.461 e. The zero-order chi connectivity index (χ0) is 12.0. The van der Waals surface area contributed by atoms with Crippen LogP contribution in [0.1, 0.15) is 12.5 Å². The third kappa shape index (κ3) is 3.67. The summed E-state index contributed by atoms with van der Waals surface area (Å²) < 4.78 is 4.89. The SMILES string of the molecule is CC(=O)OCc1c(Cl)ccnc1NCCN. The smallest absolute Gasteiger partial charge is 0.302 e. The van der Waals surface area contributed by atoms with E-state index in [1.54, 1.807) is 12.3 Å². The number of ether oxygens (including phenoxy) is 1. The number of carbonyl (C=O) groups excluding carboxylic acids is 1. The van der Waals surface area contributed by atoms with E-state index in [1.807, 2.05) is 0 Å². The molecule has 0 saturated heterocycles. The summed E-state index contributed by atoms with van der Waals surface area (Å²) >= 11 is 5.99. The molecule has 3 N–H and O–H groups in total. The van der Waals surface area contributed by atoms with Crippen molar-refractivity contribution in [1.82, 2.24) is 4.98 Å². The summed E-state index contributed by atoms with van der Waals surface area (Å²) in [5.41, 5.74) is 6.04. The first-order chi connectivity index (χ1) is 7.65. The third-order valence-corrected chi connectivity index (χ3v) is 2.21. The lowest BCUT2D eigenvalue weighted by Gasteiger charge is -2.11. The van der Waals surface area contributed by atoms with E-state index in [4.69, 9.17) is 22.1 Å². The van der Waals surface area contributed by atoms with Gasteiger partial charge in [0.15, 0.2) is 0 Å². The Hall–Kier alpha value is -1.33. The second-order valence-electron chi connectivity index (χ2n) is 3.12. The molecule has 1 aromatic rings. The van der Waals surface area contributed by atoms with E-state index in [-0.39, 0.29) is 12.6 Å². The molecule has 1 rings (SSSR count). The first-order valence-corrected chi connectivity index (χ1v) is 5.23. The molecule has 0 spiro atoms. The lowest BCUT2D eigenvalue weighted by Crippen LogP contribution is -2.15. The van der Waals surface area contributed by atoms with Crippen molar-refractivity contribution in [2.45, 2.75) is 13.5 Å². The highest BCUT2D eigenvalue weighted by Crippen LogP contribution is 2.22. The Morgan fingerprint density at radius 1 is 1.69 bits per heavy atom. The zero-order valence-electron chi connectivity index (χ0n) is 9.00.